The van der Waals surface area contributed by atoms with Crippen molar-refractivity contribution in [2.24, 2.45) is 5.92 Å². The van der Waals surface area contributed by atoms with Crippen LogP contribution in [-0.4, -0.2) is 60.9 Å². The molecule has 2 saturated heterocycles. The molecule has 0 aromatic heterocycles. The van der Waals surface area contributed by atoms with Crippen LogP contribution in [0, 0.1) is 11.7 Å². The standard InChI is InChI=1S/C20H28FN3O2.ClH/c1-22-18-5-3-11-24(14-18)20(26)16-4-2-10-23(13-16)19(25)12-15-6-8-17(21)9-7-15;/h6-9,16,18,22H,2-5,10-14H2,1H3;1H. The van der Waals surface area contributed by atoms with Gasteiger partial charge in [-0.2, -0.15) is 0 Å². The van der Waals surface area contributed by atoms with E-state index in [2.05, 4.69) is 5.32 Å². The zero-order valence-electron chi connectivity index (χ0n) is 15.8. The molecule has 2 unspecified atom stereocenters. The highest BCUT2D eigenvalue weighted by molar-refractivity contribution is 5.85. The van der Waals surface area contributed by atoms with Gasteiger partial charge in [-0.05, 0) is 50.4 Å². The van der Waals surface area contributed by atoms with Crippen LogP contribution in [0.5, 0.6) is 0 Å². The molecule has 0 spiro atoms. The van der Waals surface area contributed by atoms with Crippen LogP contribution in [0.1, 0.15) is 31.2 Å². The van der Waals surface area contributed by atoms with Gasteiger partial charge in [0, 0.05) is 32.2 Å². The summed E-state index contributed by atoms with van der Waals surface area (Å²) in [6.45, 7) is 2.77. The van der Waals surface area contributed by atoms with Crippen molar-refractivity contribution in [1.29, 1.82) is 0 Å². The van der Waals surface area contributed by atoms with Crippen molar-refractivity contribution in [2.45, 2.75) is 38.1 Å². The summed E-state index contributed by atoms with van der Waals surface area (Å²) >= 11 is 0. The molecule has 0 radical (unpaired) electrons. The second-order valence-corrected chi connectivity index (χ2v) is 7.39. The summed E-state index contributed by atoms with van der Waals surface area (Å²) < 4.78 is 13.0. The second-order valence-electron chi connectivity index (χ2n) is 7.39. The van der Waals surface area contributed by atoms with Crippen LogP contribution < -0.4 is 5.32 Å². The summed E-state index contributed by atoms with van der Waals surface area (Å²) in [6.07, 6.45) is 4.09. The van der Waals surface area contributed by atoms with E-state index < -0.39 is 0 Å². The molecule has 7 heteroatoms. The summed E-state index contributed by atoms with van der Waals surface area (Å²) in [7, 11) is 1.94. The van der Waals surface area contributed by atoms with Crippen LogP contribution in [0.2, 0.25) is 0 Å². The van der Waals surface area contributed by atoms with Crippen LogP contribution in [0.3, 0.4) is 0 Å². The van der Waals surface area contributed by atoms with E-state index in [-0.39, 0.29) is 42.4 Å². The molecule has 1 aromatic rings. The molecule has 1 N–H and O–H groups in total. The van der Waals surface area contributed by atoms with Crippen LogP contribution in [0.15, 0.2) is 24.3 Å². The smallest absolute Gasteiger partial charge is 0.227 e. The number of likely N-dealkylation sites (N-methyl/N-ethyl adjacent to an activating group) is 1. The van der Waals surface area contributed by atoms with Crippen molar-refractivity contribution in [2.75, 3.05) is 33.2 Å². The molecule has 1 aromatic carbocycles. The summed E-state index contributed by atoms with van der Waals surface area (Å²) in [4.78, 5) is 29.3. The van der Waals surface area contributed by atoms with Gasteiger partial charge < -0.3 is 15.1 Å². The lowest BCUT2D eigenvalue weighted by atomic mass is 9.94. The molecule has 2 atom stereocenters. The molecule has 150 valence electrons. The number of hydrogen-bond donors (Lipinski definition) is 1. The second kappa shape index (κ2) is 10.0. The van der Waals surface area contributed by atoms with E-state index in [1.165, 1.54) is 12.1 Å². The van der Waals surface area contributed by atoms with Gasteiger partial charge in [-0.3, -0.25) is 9.59 Å². The first-order valence-electron chi connectivity index (χ1n) is 9.55. The van der Waals surface area contributed by atoms with Gasteiger partial charge in [0.05, 0.1) is 12.3 Å². The number of nitrogens with zero attached hydrogens (tertiary/aromatic N) is 2. The number of likely N-dealkylation sites (tertiary alicyclic amines) is 2. The van der Waals surface area contributed by atoms with E-state index in [1.54, 1.807) is 17.0 Å². The van der Waals surface area contributed by atoms with E-state index in [0.29, 0.717) is 19.1 Å². The molecule has 5 nitrogen and oxygen atoms in total. The Morgan fingerprint density at radius 2 is 1.74 bits per heavy atom. The van der Waals surface area contributed by atoms with E-state index in [0.717, 1.165) is 44.3 Å². The van der Waals surface area contributed by atoms with Crippen LogP contribution in [0.4, 0.5) is 4.39 Å². The summed E-state index contributed by atoms with van der Waals surface area (Å²) in [6, 6.07) is 6.41. The Morgan fingerprint density at radius 3 is 2.44 bits per heavy atom. The molecule has 0 bridgehead atoms. The molecule has 0 aliphatic carbocycles. The summed E-state index contributed by atoms with van der Waals surface area (Å²) in [5, 5.41) is 3.26. The number of rotatable bonds is 4. The van der Waals surface area contributed by atoms with E-state index >= 15 is 0 Å². The van der Waals surface area contributed by atoms with Crippen LogP contribution in [-0.2, 0) is 16.0 Å². The fraction of sp³-hybridized carbons (Fsp3) is 0.600. The Hall–Kier alpha value is -1.66. The largest absolute Gasteiger partial charge is 0.342 e. The minimum atomic E-state index is -0.300. The van der Waals surface area contributed by atoms with Crippen LogP contribution >= 0.6 is 12.4 Å². The molecule has 2 aliphatic rings. The van der Waals surface area contributed by atoms with Crippen molar-refractivity contribution >= 4 is 24.2 Å². The molecule has 27 heavy (non-hydrogen) atoms. The van der Waals surface area contributed by atoms with Gasteiger partial charge in [0.25, 0.3) is 0 Å². The molecule has 0 saturated carbocycles. The SMILES string of the molecule is CNC1CCCN(C(=O)C2CCCN(C(=O)Cc3ccc(F)cc3)C2)C1.Cl. The quantitative estimate of drug-likeness (QED) is 0.847. The highest BCUT2D eigenvalue weighted by Gasteiger charge is 2.33. The third kappa shape index (κ3) is 5.66. The highest BCUT2D eigenvalue weighted by atomic mass is 35.5. The van der Waals surface area contributed by atoms with Crippen molar-refractivity contribution < 1.29 is 14.0 Å². The minimum absolute atomic E-state index is 0. The molecular weight excluding hydrogens is 369 g/mol. The van der Waals surface area contributed by atoms with Crippen molar-refractivity contribution in [1.82, 2.24) is 15.1 Å². The fourth-order valence-electron chi connectivity index (χ4n) is 3.97. The highest BCUT2D eigenvalue weighted by Crippen LogP contribution is 2.22. The lowest BCUT2D eigenvalue weighted by Gasteiger charge is -2.38. The number of amides is 2. The molecule has 2 heterocycles. The monoisotopic (exact) mass is 397 g/mol. The fourth-order valence-corrected chi connectivity index (χ4v) is 3.97. The molecule has 2 aliphatic heterocycles. The van der Waals surface area contributed by atoms with Gasteiger partial charge in [0.1, 0.15) is 5.82 Å². The zero-order valence-corrected chi connectivity index (χ0v) is 16.6. The minimum Gasteiger partial charge on any atom is -0.342 e. The number of halogens is 2. The third-order valence-corrected chi connectivity index (χ3v) is 5.53. The predicted octanol–water partition coefficient (Wildman–Crippen LogP) is 2.24. The molecular formula is C20H29ClFN3O2. The first-order valence-corrected chi connectivity index (χ1v) is 9.55. The first-order chi connectivity index (χ1) is 12.6. The Balaban J connectivity index is 0.00000261. The van der Waals surface area contributed by atoms with Crippen molar-refractivity contribution in [3.63, 3.8) is 0 Å². The van der Waals surface area contributed by atoms with Gasteiger partial charge in [0.15, 0.2) is 0 Å². The molecule has 2 fully saturated rings. The summed E-state index contributed by atoms with van der Waals surface area (Å²) in [5.74, 6) is -0.201. The van der Waals surface area contributed by atoms with E-state index in [4.69, 9.17) is 0 Å². The lowest BCUT2D eigenvalue weighted by Crippen LogP contribution is -2.52. The predicted molar refractivity (Wildman–Crippen MR) is 105 cm³/mol. The van der Waals surface area contributed by atoms with Crippen molar-refractivity contribution in [3.8, 4) is 0 Å². The average Bonchev–Trinajstić information content (AvgIpc) is 2.69. The van der Waals surface area contributed by atoms with Crippen molar-refractivity contribution in [3.05, 3.63) is 35.6 Å². The summed E-state index contributed by atoms with van der Waals surface area (Å²) in [5.41, 5.74) is 0.803. The normalized spacial score (nSPS) is 22.9. The number of carbonyl (C=O) groups excluding carboxylic acids is 2. The maximum absolute atomic E-state index is 13.0. The topological polar surface area (TPSA) is 52.7 Å². The Labute approximate surface area is 166 Å². The molecule has 2 amide bonds. The van der Waals surface area contributed by atoms with Gasteiger partial charge in [-0.1, -0.05) is 12.1 Å². The van der Waals surface area contributed by atoms with Gasteiger partial charge >= 0.3 is 0 Å². The number of nitrogens with one attached hydrogen (secondary N) is 1. The van der Waals surface area contributed by atoms with E-state index in [9.17, 15) is 14.0 Å². The maximum Gasteiger partial charge on any atom is 0.227 e. The van der Waals surface area contributed by atoms with Gasteiger partial charge in [0.2, 0.25) is 11.8 Å². The zero-order chi connectivity index (χ0) is 18.5. The number of hydrogen-bond acceptors (Lipinski definition) is 3. The van der Waals surface area contributed by atoms with Gasteiger partial charge in [-0.15, -0.1) is 12.4 Å². The van der Waals surface area contributed by atoms with E-state index in [1.807, 2.05) is 11.9 Å². The number of carbonyl (C=O) groups is 2. The number of piperidine rings is 2. The Morgan fingerprint density at radius 1 is 1.07 bits per heavy atom. The number of benzene rings is 1. The Kier molecular flexibility index (Phi) is 8.05. The maximum atomic E-state index is 13.0. The first kappa shape index (κ1) is 21.6. The Bertz CT molecular complexity index is 641. The molecule has 3 rings (SSSR count). The average molecular weight is 398 g/mol. The third-order valence-electron chi connectivity index (χ3n) is 5.53. The van der Waals surface area contributed by atoms with Gasteiger partial charge in [-0.25, -0.2) is 4.39 Å². The van der Waals surface area contributed by atoms with Crippen LogP contribution in [0.25, 0.3) is 0 Å². The lowest BCUT2D eigenvalue weighted by molar-refractivity contribution is -0.141.